The van der Waals surface area contributed by atoms with Crippen molar-refractivity contribution in [3.63, 3.8) is 0 Å². The van der Waals surface area contributed by atoms with Gasteiger partial charge in [-0.3, -0.25) is 0 Å². The van der Waals surface area contributed by atoms with Crippen LogP contribution in [0.5, 0.6) is 5.75 Å². The highest BCUT2D eigenvalue weighted by Gasteiger charge is 2.33. The second-order valence-electron chi connectivity index (χ2n) is 8.17. The van der Waals surface area contributed by atoms with Crippen LogP contribution in [0.1, 0.15) is 50.6 Å². The van der Waals surface area contributed by atoms with E-state index in [4.69, 9.17) is 26.5 Å². The number of hydrogen-bond donors (Lipinski definition) is 1. The Morgan fingerprint density at radius 1 is 1.18 bits per heavy atom. The monoisotopic (exact) mass is 494 g/mol. The van der Waals surface area contributed by atoms with E-state index in [1.807, 2.05) is 24.3 Å². The van der Waals surface area contributed by atoms with Crippen molar-refractivity contribution in [3.8, 4) is 17.1 Å². The van der Waals surface area contributed by atoms with Gasteiger partial charge in [-0.25, -0.2) is 0 Å². The van der Waals surface area contributed by atoms with Crippen LogP contribution in [0.25, 0.3) is 17.0 Å². The number of nitrogens with zero attached hydrogens (tertiary/aromatic N) is 3. The molecule has 4 rings (SSSR count). The van der Waals surface area contributed by atoms with Gasteiger partial charge in [0.2, 0.25) is 5.82 Å². The lowest BCUT2D eigenvalue weighted by molar-refractivity contribution is 0.395. The Hall–Kier alpha value is -2.84. The van der Waals surface area contributed by atoms with Crippen molar-refractivity contribution in [1.29, 1.82) is 0 Å². The Morgan fingerprint density at radius 2 is 1.97 bits per heavy atom. The zero-order valence-corrected chi connectivity index (χ0v) is 21.6. The predicted molar refractivity (Wildman–Crippen MR) is 142 cm³/mol. The second kappa shape index (κ2) is 11.1. The highest BCUT2D eigenvalue weighted by molar-refractivity contribution is 7.98. The normalized spacial score (nSPS) is 16.1. The number of benzene rings is 2. The van der Waals surface area contributed by atoms with Gasteiger partial charge in [0, 0.05) is 22.7 Å². The van der Waals surface area contributed by atoms with Crippen molar-refractivity contribution < 1.29 is 9.26 Å². The lowest BCUT2D eigenvalue weighted by Crippen LogP contribution is -2.46. The third-order valence-corrected chi connectivity index (χ3v) is 7.10. The smallest absolute Gasteiger partial charge is 0.258 e. The molecule has 6 nitrogen and oxygen atoms in total. The fourth-order valence-electron chi connectivity index (χ4n) is 4.11. The molecule has 0 radical (unpaired) electrons. The van der Waals surface area contributed by atoms with Gasteiger partial charge in [0.05, 0.1) is 18.7 Å². The van der Waals surface area contributed by atoms with Crippen LogP contribution in [0.2, 0.25) is 0 Å². The highest BCUT2D eigenvalue weighted by Crippen LogP contribution is 2.38. The number of methoxy groups -OCH3 is 1. The number of thiocarbonyl (C=S) groups is 1. The Bertz CT molecular complexity index is 1170. The van der Waals surface area contributed by atoms with E-state index in [0.717, 1.165) is 59.1 Å². The molecule has 0 saturated carbocycles. The molecular formula is C26H30N4O2S2. The number of rotatable bonds is 9. The van der Waals surface area contributed by atoms with Gasteiger partial charge in [-0.2, -0.15) is 4.98 Å². The summed E-state index contributed by atoms with van der Waals surface area (Å²) >= 11 is 7.51. The number of aromatic nitrogens is 2. The molecule has 178 valence electrons. The molecule has 0 amide bonds. The Kier molecular flexibility index (Phi) is 7.90. The molecule has 34 heavy (non-hydrogen) atoms. The number of hydrogen-bond acceptors (Lipinski definition) is 6. The molecule has 2 heterocycles. The molecule has 0 saturated heterocycles. The first-order valence-electron chi connectivity index (χ1n) is 11.5. The predicted octanol–water partition coefficient (Wildman–Crippen LogP) is 6.32. The van der Waals surface area contributed by atoms with E-state index in [1.54, 1.807) is 18.9 Å². The summed E-state index contributed by atoms with van der Waals surface area (Å²) < 4.78 is 11.2. The molecule has 0 spiro atoms. The lowest BCUT2D eigenvalue weighted by Gasteiger charge is -2.37. The van der Waals surface area contributed by atoms with Crippen LogP contribution in [0.15, 0.2) is 63.6 Å². The number of nitrogens with one attached hydrogen (secondary N) is 1. The van der Waals surface area contributed by atoms with Crippen LogP contribution in [-0.2, 0) is 0 Å². The van der Waals surface area contributed by atoms with Crippen LogP contribution in [0.3, 0.4) is 0 Å². The molecule has 2 aromatic carbocycles. The van der Waals surface area contributed by atoms with Gasteiger partial charge in [0.15, 0.2) is 5.11 Å². The summed E-state index contributed by atoms with van der Waals surface area (Å²) in [5.74, 6) is 1.76. The minimum Gasteiger partial charge on any atom is -0.497 e. The molecule has 0 bridgehead atoms. The first-order valence-corrected chi connectivity index (χ1v) is 13.1. The minimum absolute atomic E-state index is 0.176. The molecule has 8 heteroatoms. The van der Waals surface area contributed by atoms with Gasteiger partial charge < -0.3 is 19.5 Å². The van der Waals surface area contributed by atoms with Crippen molar-refractivity contribution in [2.45, 2.75) is 44.0 Å². The second-order valence-corrected chi connectivity index (χ2v) is 9.43. The van der Waals surface area contributed by atoms with E-state index in [2.05, 4.69) is 59.7 Å². The zero-order valence-electron chi connectivity index (χ0n) is 20.0. The summed E-state index contributed by atoms with van der Waals surface area (Å²) in [5.41, 5.74) is 3.93. The van der Waals surface area contributed by atoms with Crippen molar-refractivity contribution in [2.75, 3.05) is 19.9 Å². The lowest BCUT2D eigenvalue weighted by atomic mass is 9.94. The Morgan fingerprint density at radius 3 is 2.68 bits per heavy atom. The van der Waals surface area contributed by atoms with Gasteiger partial charge in [-0.05, 0) is 61.6 Å². The number of thioether (sulfide) groups is 1. The molecule has 0 aliphatic carbocycles. The number of ether oxygens (including phenoxy) is 1. The first-order chi connectivity index (χ1) is 16.5. The molecule has 1 aromatic heterocycles. The molecule has 1 atom stereocenters. The van der Waals surface area contributed by atoms with E-state index in [-0.39, 0.29) is 6.04 Å². The van der Waals surface area contributed by atoms with E-state index in [1.165, 1.54) is 4.90 Å². The average molecular weight is 495 g/mol. The first kappa shape index (κ1) is 24.3. The molecule has 1 aliphatic heterocycles. The van der Waals surface area contributed by atoms with Gasteiger partial charge in [-0.1, -0.05) is 49.2 Å². The fourth-order valence-corrected chi connectivity index (χ4v) is 4.86. The van der Waals surface area contributed by atoms with Crippen molar-refractivity contribution in [3.05, 3.63) is 65.7 Å². The maximum absolute atomic E-state index is 5.83. The third kappa shape index (κ3) is 5.13. The number of allylic oxidation sites excluding steroid dienone is 1. The van der Waals surface area contributed by atoms with Crippen LogP contribution >= 0.6 is 24.0 Å². The fraction of sp³-hybridized carbons (Fsp3) is 0.346. The third-order valence-electron chi connectivity index (χ3n) is 6.02. The van der Waals surface area contributed by atoms with Crippen molar-refractivity contribution >= 4 is 34.7 Å². The molecule has 3 aromatic rings. The topological polar surface area (TPSA) is 63.4 Å². The van der Waals surface area contributed by atoms with Gasteiger partial charge in [0.25, 0.3) is 5.89 Å². The largest absolute Gasteiger partial charge is 0.497 e. The maximum atomic E-state index is 5.83. The van der Waals surface area contributed by atoms with E-state index in [9.17, 15) is 0 Å². The molecule has 1 N–H and O–H groups in total. The highest BCUT2D eigenvalue weighted by atomic mass is 32.2. The number of unbranched alkanes of at least 4 members (excludes halogenated alkanes) is 2. The summed E-state index contributed by atoms with van der Waals surface area (Å²) in [6.07, 6.45) is 5.45. The summed E-state index contributed by atoms with van der Waals surface area (Å²) in [5, 5.41) is 8.55. The maximum Gasteiger partial charge on any atom is 0.258 e. The molecule has 1 unspecified atom stereocenters. The molecule has 0 fully saturated rings. The van der Waals surface area contributed by atoms with Crippen molar-refractivity contribution in [1.82, 2.24) is 20.4 Å². The Labute approximate surface area is 210 Å². The summed E-state index contributed by atoms with van der Waals surface area (Å²) in [7, 11) is 1.64. The van der Waals surface area contributed by atoms with E-state index < -0.39 is 0 Å². The average Bonchev–Trinajstić information content (AvgIpc) is 3.35. The van der Waals surface area contributed by atoms with Crippen LogP contribution in [-0.4, -0.2) is 40.1 Å². The SMILES string of the molecule is CCCCCN1C(=S)NC(c2ccc(SC)cc2)C(c2nc(-c3cccc(OC)c3)no2)=C1C. The van der Waals surface area contributed by atoms with E-state index >= 15 is 0 Å². The van der Waals surface area contributed by atoms with Crippen LogP contribution in [0, 0.1) is 0 Å². The summed E-state index contributed by atoms with van der Waals surface area (Å²) in [6.45, 7) is 5.14. The van der Waals surface area contributed by atoms with Gasteiger partial charge in [0.1, 0.15) is 5.75 Å². The van der Waals surface area contributed by atoms with Crippen LogP contribution in [0.4, 0.5) is 0 Å². The van der Waals surface area contributed by atoms with Gasteiger partial charge >= 0.3 is 0 Å². The Balaban J connectivity index is 1.76. The molecular weight excluding hydrogens is 464 g/mol. The van der Waals surface area contributed by atoms with Crippen LogP contribution < -0.4 is 10.1 Å². The summed E-state index contributed by atoms with van der Waals surface area (Å²) in [4.78, 5) is 8.16. The zero-order chi connectivity index (χ0) is 24.1. The standard InChI is InChI=1S/C26H30N4O2S2/c1-5-6-7-15-30-17(2)22(23(27-26(30)33)18-11-13-21(34-4)14-12-18)25-28-24(29-32-25)19-9-8-10-20(16-19)31-3/h8-14,16,23H,5-7,15H2,1-4H3,(H,27,33). The van der Waals surface area contributed by atoms with Crippen molar-refractivity contribution in [2.24, 2.45) is 0 Å². The van der Waals surface area contributed by atoms with E-state index in [0.29, 0.717) is 11.7 Å². The minimum atomic E-state index is -0.176. The molecule has 1 aliphatic rings. The quantitative estimate of drug-likeness (QED) is 0.211. The summed E-state index contributed by atoms with van der Waals surface area (Å²) in [6, 6.07) is 16.0. The van der Waals surface area contributed by atoms with Gasteiger partial charge in [-0.15, -0.1) is 11.8 Å².